The summed E-state index contributed by atoms with van der Waals surface area (Å²) in [5.41, 5.74) is -0.0942. The second-order valence-electron chi connectivity index (χ2n) is 3.73. The first-order valence-electron chi connectivity index (χ1n) is 4.93. The van der Waals surface area contributed by atoms with Gasteiger partial charge in [0.25, 0.3) is 5.91 Å². The van der Waals surface area contributed by atoms with Crippen LogP contribution in [0.5, 0.6) is 0 Å². The summed E-state index contributed by atoms with van der Waals surface area (Å²) in [6.45, 7) is 0. The Bertz CT molecular complexity index is 388. The van der Waals surface area contributed by atoms with E-state index in [0.29, 0.717) is 0 Å². The van der Waals surface area contributed by atoms with Gasteiger partial charge in [-0.1, -0.05) is 0 Å². The summed E-state index contributed by atoms with van der Waals surface area (Å²) in [7, 11) is 0. The Labute approximate surface area is 86.3 Å². The Morgan fingerprint density at radius 2 is 2.07 bits per heavy atom. The lowest BCUT2D eigenvalue weighted by atomic mass is 9.93. The zero-order valence-electron chi connectivity index (χ0n) is 8.09. The highest BCUT2D eigenvalue weighted by atomic mass is 19.1. The molecule has 0 spiro atoms. The maximum atomic E-state index is 13.2. The van der Waals surface area contributed by atoms with Crippen LogP contribution in [0.25, 0.3) is 0 Å². The number of amides is 1. The quantitative estimate of drug-likeness (QED) is 0.798. The maximum Gasteiger partial charge on any atom is 0.254 e. The van der Waals surface area contributed by atoms with Crippen molar-refractivity contribution in [1.82, 2.24) is 5.32 Å². The van der Waals surface area contributed by atoms with Crippen molar-refractivity contribution < 1.29 is 13.6 Å². The molecule has 0 atom stereocenters. The van der Waals surface area contributed by atoms with Gasteiger partial charge in [0.05, 0.1) is 5.56 Å². The highest BCUT2D eigenvalue weighted by Crippen LogP contribution is 2.19. The fraction of sp³-hybridized carbons (Fsp3) is 0.364. The molecule has 4 heteroatoms. The summed E-state index contributed by atoms with van der Waals surface area (Å²) in [6, 6.07) is 3.12. The highest BCUT2D eigenvalue weighted by Gasteiger charge is 2.21. The molecule has 1 saturated carbocycles. The third kappa shape index (κ3) is 2.14. The van der Waals surface area contributed by atoms with Gasteiger partial charge in [-0.05, 0) is 31.4 Å². The van der Waals surface area contributed by atoms with Crippen molar-refractivity contribution in [3.63, 3.8) is 0 Å². The maximum absolute atomic E-state index is 13.2. The van der Waals surface area contributed by atoms with Gasteiger partial charge in [0.1, 0.15) is 11.6 Å². The second kappa shape index (κ2) is 3.96. The minimum absolute atomic E-state index is 0.0942. The number of halogens is 2. The van der Waals surface area contributed by atoms with Crippen LogP contribution in [-0.4, -0.2) is 11.9 Å². The lowest BCUT2D eigenvalue weighted by Crippen LogP contribution is -2.39. The molecule has 2 rings (SSSR count). The lowest BCUT2D eigenvalue weighted by molar-refractivity contribution is 0.0913. The number of hydrogen-bond acceptors (Lipinski definition) is 1. The molecule has 1 N–H and O–H groups in total. The zero-order chi connectivity index (χ0) is 10.8. The molecule has 1 amide bonds. The van der Waals surface area contributed by atoms with E-state index in [1.807, 2.05) is 0 Å². The number of carbonyl (C=O) groups is 1. The standard InChI is InChI=1S/C11H11F2NO/c12-7-4-5-9(10(13)6-7)11(15)14-8-2-1-3-8/h4-6,8H,1-3H2,(H,14,15). The third-order valence-corrected chi connectivity index (χ3v) is 2.62. The fourth-order valence-electron chi connectivity index (χ4n) is 1.49. The van der Waals surface area contributed by atoms with E-state index in [0.717, 1.165) is 31.4 Å². The van der Waals surface area contributed by atoms with Crippen LogP contribution in [0.15, 0.2) is 18.2 Å². The van der Waals surface area contributed by atoms with Crippen LogP contribution >= 0.6 is 0 Å². The number of hydrogen-bond donors (Lipinski definition) is 1. The largest absolute Gasteiger partial charge is 0.349 e. The smallest absolute Gasteiger partial charge is 0.254 e. The summed E-state index contributed by atoms with van der Waals surface area (Å²) in [4.78, 5) is 11.5. The van der Waals surface area contributed by atoms with Crippen molar-refractivity contribution in [3.8, 4) is 0 Å². The van der Waals surface area contributed by atoms with Gasteiger partial charge in [0, 0.05) is 12.1 Å². The van der Waals surface area contributed by atoms with Crippen molar-refractivity contribution in [2.45, 2.75) is 25.3 Å². The molecule has 0 unspecified atom stereocenters. The van der Waals surface area contributed by atoms with Crippen LogP contribution in [-0.2, 0) is 0 Å². The summed E-state index contributed by atoms with van der Waals surface area (Å²) < 4.78 is 25.8. The van der Waals surface area contributed by atoms with Crippen molar-refractivity contribution in [3.05, 3.63) is 35.4 Å². The molecule has 1 aromatic carbocycles. The number of carbonyl (C=O) groups excluding carboxylic acids is 1. The molecule has 2 nitrogen and oxygen atoms in total. The molecule has 1 fully saturated rings. The second-order valence-corrected chi connectivity index (χ2v) is 3.73. The molecular weight excluding hydrogens is 200 g/mol. The van der Waals surface area contributed by atoms with Crippen molar-refractivity contribution >= 4 is 5.91 Å². The molecule has 1 aliphatic carbocycles. The predicted molar refractivity (Wildman–Crippen MR) is 51.5 cm³/mol. The van der Waals surface area contributed by atoms with Crippen LogP contribution in [0.3, 0.4) is 0 Å². The van der Waals surface area contributed by atoms with E-state index in [2.05, 4.69) is 5.32 Å². The Kier molecular flexibility index (Phi) is 2.66. The Balaban J connectivity index is 2.10. The third-order valence-electron chi connectivity index (χ3n) is 2.62. The van der Waals surface area contributed by atoms with Crippen molar-refractivity contribution in [1.29, 1.82) is 0 Å². The van der Waals surface area contributed by atoms with Crippen LogP contribution in [0, 0.1) is 11.6 Å². The van der Waals surface area contributed by atoms with E-state index in [-0.39, 0.29) is 11.6 Å². The first-order valence-corrected chi connectivity index (χ1v) is 4.93. The van der Waals surface area contributed by atoms with Gasteiger partial charge in [-0.3, -0.25) is 4.79 Å². The average Bonchev–Trinajstić information content (AvgIpc) is 2.11. The van der Waals surface area contributed by atoms with Gasteiger partial charge in [0.15, 0.2) is 0 Å². The van der Waals surface area contributed by atoms with Gasteiger partial charge in [-0.2, -0.15) is 0 Å². The van der Waals surface area contributed by atoms with Crippen LogP contribution in [0.1, 0.15) is 29.6 Å². The highest BCUT2D eigenvalue weighted by molar-refractivity contribution is 5.94. The SMILES string of the molecule is O=C(NC1CCC1)c1ccc(F)cc1F. The summed E-state index contributed by atoms with van der Waals surface area (Å²) in [5.74, 6) is -1.95. The zero-order valence-corrected chi connectivity index (χ0v) is 8.09. The van der Waals surface area contributed by atoms with Gasteiger partial charge in [-0.15, -0.1) is 0 Å². The lowest BCUT2D eigenvalue weighted by Gasteiger charge is -2.26. The molecular formula is C11H11F2NO. The molecule has 0 heterocycles. The van der Waals surface area contributed by atoms with Gasteiger partial charge < -0.3 is 5.32 Å². The van der Waals surface area contributed by atoms with Crippen LogP contribution < -0.4 is 5.32 Å². The van der Waals surface area contributed by atoms with Gasteiger partial charge in [0.2, 0.25) is 0 Å². The number of rotatable bonds is 2. The van der Waals surface area contributed by atoms with Gasteiger partial charge in [-0.25, -0.2) is 8.78 Å². The van der Waals surface area contributed by atoms with Crippen LogP contribution in [0.2, 0.25) is 0 Å². The summed E-state index contributed by atoms with van der Waals surface area (Å²) >= 11 is 0. The minimum atomic E-state index is -0.813. The number of benzene rings is 1. The van der Waals surface area contributed by atoms with E-state index in [1.54, 1.807) is 0 Å². The van der Waals surface area contributed by atoms with E-state index >= 15 is 0 Å². The van der Waals surface area contributed by atoms with Crippen LogP contribution in [0.4, 0.5) is 8.78 Å². The predicted octanol–water partition coefficient (Wildman–Crippen LogP) is 2.25. The molecule has 15 heavy (non-hydrogen) atoms. The molecule has 0 bridgehead atoms. The topological polar surface area (TPSA) is 29.1 Å². The van der Waals surface area contributed by atoms with E-state index in [4.69, 9.17) is 0 Å². The molecule has 0 saturated heterocycles. The Morgan fingerprint density at radius 3 is 2.60 bits per heavy atom. The molecule has 0 radical (unpaired) electrons. The monoisotopic (exact) mass is 211 g/mol. The summed E-state index contributed by atoms with van der Waals surface area (Å²) in [5, 5.41) is 2.69. The molecule has 0 aliphatic heterocycles. The number of nitrogens with one attached hydrogen (secondary N) is 1. The summed E-state index contributed by atoms with van der Waals surface area (Å²) in [6.07, 6.45) is 2.97. The Hall–Kier alpha value is -1.45. The van der Waals surface area contributed by atoms with E-state index in [9.17, 15) is 13.6 Å². The Morgan fingerprint density at radius 1 is 1.33 bits per heavy atom. The molecule has 80 valence electrons. The van der Waals surface area contributed by atoms with Crippen molar-refractivity contribution in [2.24, 2.45) is 0 Å². The normalized spacial score (nSPS) is 15.9. The minimum Gasteiger partial charge on any atom is -0.349 e. The molecule has 1 aromatic rings. The average molecular weight is 211 g/mol. The molecule has 1 aliphatic rings. The van der Waals surface area contributed by atoms with Crippen molar-refractivity contribution in [2.75, 3.05) is 0 Å². The molecule has 0 aromatic heterocycles. The van der Waals surface area contributed by atoms with Gasteiger partial charge >= 0.3 is 0 Å². The fourth-order valence-corrected chi connectivity index (χ4v) is 1.49. The first-order chi connectivity index (χ1) is 7.16. The van der Waals surface area contributed by atoms with E-state index < -0.39 is 17.5 Å². The van der Waals surface area contributed by atoms with E-state index in [1.165, 1.54) is 6.07 Å². The first kappa shape index (κ1) is 10.1.